The van der Waals surface area contributed by atoms with Crippen LogP contribution in [0.4, 0.5) is 8.78 Å². The third-order valence-electron chi connectivity index (χ3n) is 4.20. The van der Waals surface area contributed by atoms with E-state index in [0.717, 1.165) is 38.2 Å². The molecule has 1 nitrogen and oxygen atoms in total. The molecule has 0 unspecified atom stereocenters. The van der Waals surface area contributed by atoms with Crippen molar-refractivity contribution in [3.05, 3.63) is 33.8 Å². The van der Waals surface area contributed by atoms with Crippen LogP contribution in [0.25, 0.3) is 0 Å². The van der Waals surface area contributed by atoms with Gasteiger partial charge in [0.2, 0.25) is 0 Å². The van der Waals surface area contributed by atoms with E-state index < -0.39 is 11.6 Å². The lowest BCUT2D eigenvalue weighted by atomic mass is 9.77. The molecule has 0 radical (unpaired) electrons. The molecule has 1 aliphatic rings. The first kappa shape index (κ1) is 15.6. The van der Waals surface area contributed by atoms with E-state index in [1.165, 1.54) is 12.5 Å². The van der Waals surface area contributed by atoms with Gasteiger partial charge in [0.1, 0.15) is 5.82 Å². The molecule has 1 fully saturated rings. The SMILES string of the molecule is CCCC1CCC(C(=O)c2c(F)ccc(Br)c2F)CC1. The van der Waals surface area contributed by atoms with Gasteiger partial charge in [-0.1, -0.05) is 19.8 Å². The van der Waals surface area contributed by atoms with Gasteiger partial charge in [0, 0.05) is 5.92 Å². The topological polar surface area (TPSA) is 17.1 Å². The zero-order valence-electron chi connectivity index (χ0n) is 11.6. The van der Waals surface area contributed by atoms with Crippen molar-refractivity contribution in [1.29, 1.82) is 0 Å². The Morgan fingerprint density at radius 3 is 2.50 bits per heavy atom. The molecule has 0 heterocycles. The molecule has 4 heteroatoms. The van der Waals surface area contributed by atoms with Gasteiger partial charge in [-0.2, -0.15) is 0 Å². The van der Waals surface area contributed by atoms with Gasteiger partial charge < -0.3 is 0 Å². The van der Waals surface area contributed by atoms with Crippen LogP contribution in [0.5, 0.6) is 0 Å². The lowest BCUT2D eigenvalue weighted by Crippen LogP contribution is -2.23. The Labute approximate surface area is 126 Å². The van der Waals surface area contributed by atoms with Crippen LogP contribution in [0.3, 0.4) is 0 Å². The maximum absolute atomic E-state index is 14.0. The number of carbonyl (C=O) groups is 1. The zero-order valence-corrected chi connectivity index (χ0v) is 13.2. The summed E-state index contributed by atoms with van der Waals surface area (Å²) in [6, 6.07) is 2.43. The Morgan fingerprint density at radius 1 is 1.25 bits per heavy atom. The Bertz CT molecular complexity index is 493. The molecule has 0 bridgehead atoms. The highest BCUT2D eigenvalue weighted by Crippen LogP contribution is 2.35. The second-order valence-electron chi connectivity index (χ2n) is 5.59. The van der Waals surface area contributed by atoms with E-state index in [2.05, 4.69) is 22.9 Å². The first-order chi connectivity index (χ1) is 9.54. The van der Waals surface area contributed by atoms with Crippen molar-refractivity contribution in [2.75, 3.05) is 0 Å². The first-order valence-corrected chi connectivity index (χ1v) is 8.01. The van der Waals surface area contributed by atoms with Gasteiger partial charge in [-0.05, 0) is 59.7 Å². The number of benzene rings is 1. The predicted octanol–water partition coefficient (Wildman–Crippen LogP) is 5.52. The fourth-order valence-electron chi connectivity index (χ4n) is 3.08. The van der Waals surface area contributed by atoms with Crippen LogP contribution in [-0.2, 0) is 0 Å². The van der Waals surface area contributed by atoms with Gasteiger partial charge in [-0.3, -0.25) is 4.79 Å². The molecule has 0 amide bonds. The summed E-state index contributed by atoms with van der Waals surface area (Å²) in [6.45, 7) is 2.16. The van der Waals surface area contributed by atoms with Crippen LogP contribution in [0.2, 0.25) is 0 Å². The van der Waals surface area contributed by atoms with Gasteiger partial charge >= 0.3 is 0 Å². The number of halogens is 3. The summed E-state index contributed by atoms with van der Waals surface area (Å²) in [7, 11) is 0. The largest absolute Gasteiger partial charge is 0.294 e. The number of Topliss-reactive ketones (excluding diaryl/α,β-unsaturated/α-hetero) is 1. The molecule has 0 saturated heterocycles. The highest BCUT2D eigenvalue weighted by molar-refractivity contribution is 9.10. The van der Waals surface area contributed by atoms with Crippen LogP contribution < -0.4 is 0 Å². The van der Waals surface area contributed by atoms with E-state index in [1.54, 1.807) is 0 Å². The Morgan fingerprint density at radius 2 is 1.90 bits per heavy atom. The Kier molecular flexibility index (Phi) is 5.30. The molecular formula is C16H19BrF2O. The summed E-state index contributed by atoms with van der Waals surface area (Å²) in [5, 5.41) is 0. The fourth-order valence-corrected chi connectivity index (χ4v) is 3.41. The molecule has 0 spiro atoms. The molecule has 0 atom stereocenters. The number of hydrogen-bond donors (Lipinski definition) is 0. The molecule has 20 heavy (non-hydrogen) atoms. The maximum Gasteiger partial charge on any atom is 0.171 e. The van der Waals surface area contributed by atoms with Crippen LogP contribution in [0.1, 0.15) is 55.8 Å². The van der Waals surface area contributed by atoms with Crippen molar-refractivity contribution in [3.63, 3.8) is 0 Å². The fraction of sp³-hybridized carbons (Fsp3) is 0.562. The minimum atomic E-state index is -0.773. The molecule has 1 aromatic carbocycles. The summed E-state index contributed by atoms with van der Waals surface area (Å²) in [4.78, 5) is 12.4. The summed E-state index contributed by atoms with van der Waals surface area (Å²) in [5.74, 6) is -1.48. The van der Waals surface area contributed by atoms with E-state index >= 15 is 0 Å². The smallest absolute Gasteiger partial charge is 0.171 e. The molecule has 0 aromatic heterocycles. The number of hydrogen-bond acceptors (Lipinski definition) is 1. The standard InChI is InChI=1S/C16H19BrF2O/c1-2-3-10-4-6-11(7-5-10)16(20)14-13(18)9-8-12(17)15(14)19/h8-11H,2-7H2,1H3. The van der Waals surface area contributed by atoms with E-state index in [4.69, 9.17) is 0 Å². The van der Waals surface area contributed by atoms with E-state index in [9.17, 15) is 13.6 Å². The van der Waals surface area contributed by atoms with Crippen LogP contribution in [0.15, 0.2) is 16.6 Å². The molecule has 0 N–H and O–H groups in total. The number of ketones is 1. The molecule has 110 valence electrons. The highest BCUT2D eigenvalue weighted by atomic mass is 79.9. The zero-order chi connectivity index (χ0) is 14.7. The molecule has 0 aliphatic heterocycles. The summed E-state index contributed by atoms with van der Waals surface area (Å²) >= 11 is 3.01. The van der Waals surface area contributed by atoms with Crippen LogP contribution in [0, 0.1) is 23.5 Å². The van der Waals surface area contributed by atoms with E-state index in [0.29, 0.717) is 5.92 Å². The third-order valence-corrected chi connectivity index (χ3v) is 4.82. The summed E-state index contributed by atoms with van der Waals surface area (Å²) in [5.41, 5.74) is -0.377. The maximum atomic E-state index is 14.0. The van der Waals surface area contributed by atoms with Gasteiger partial charge in [0.25, 0.3) is 0 Å². The monoisotopic (exact) mass is 344 g/mol. The predicted molar refractivity (Wildman–Crippen MR) is 78.7 cm³/mol. The second-order valence-corrected chi connectivity index (χ2v) is 6.44. The summed E-state index contributed by atoms with van der Waals surface area (Å²) < 4.78 is 27.8. The molecule has 2 rings (SSSR count). The van der Waals surface area contributed by atoms with Gasteiger partial charge in [0.05, 0.1) is 10.0 Å². The van der Waals surface area contributed by atoms with Gasteiger partial charge in [-0.15, -0.1) is 0 Å². The van der Waals surface area contributed by atoms with E-state index in [-0.39, 0.29) is 21.7 Å². The van der Waals surface area contributed by atoms with Crippen molar-refractivity contribution in [2.24, 2.45) is 11.8 Å². The van der Waals surface area contributed by atoms with Crippen LogP contribution >= 0.6 is 15.9 Å². The second kappa shape index (κ2) is 6.79. The van der Waals surface area contributed by atoms with E-state index in [1.807, 2.05) is 0 Å². The minimum absolute atomic E-state index is 0.141. The van der Waals surface area contributed by atoms with Crippen molar-refractivity contribution >= 4 is 21.7 Å². The molecular weight excluding hydrogens is 326 g/mol. The van der Waals surface area contributed by atoms with Crippen molar-refractivity contribution in [1.82, 2.24) is 0 Å². The molecule has 1 aliphatic carbocycles. The normalized spacial score (nSPS) is 22.8. The number of rotatable bonds is 4. The van der Waals surface area contributed by atoms with Gasteiger partial charge in [-0.25, -0.2) is 8.78 Å². The average molecular weight is 345 g/mol. The number of carbonyl (C=O) groups excluding carboxylic acids is 1. The Balaban J connectivity index is 2.12. The molecule has 1 saturated carbocycles. The van der Waals surface area contributed by atoms with Crippen LogP contribution in [-0.4, -0.2) is 5.78 Å². The van der Waals surface area contributed by atoms with Crippen molar-refractivity contribution < 1.29 is 13.6 Å². The van der Waals surface area contributed by atoms with Crippen molar-refractivity contribution in [2.45, 2.75) is 45.4 Å². The highest BCUT2D eigenvalue weighted by Gasteiger charge is 2.30. The minimum Gasteiger partial charge on any atom is -0.294 e. The lowest BCUT2D eigenvalue weighted by molar-refractivity contribution is 0.0861. The quantitative estimate of drug-likeness (QED) is 0.519. The third kappa shape index (κ3) is 3.27. The van der Waals surface area contributed by atoms with Crippen molar-refractivity contribution in [3.8, 4) is 0 Å². The molecule has 1 aromatic rings. The average Bonchev–Trinajstić information content (AvgIpc) is 2.44. The lowest BCUT2D eigenvalue weighted by Gasteiger charge is -2.27. The Hall–Kier alpha value is -0.770. The first-order valence-electron chi connectivity index (χ1n) is 7.22. The summed E-state index contributed by atoms with van der Waals surface area (Å²) in [6.07, 6.45) is 5.80. The van der Waals surface area contributed by atoms with Gasteiger partial charge in [0.15, 0.2) is 11.6 Å².